The summed E-state index contributed by atoms with van der Waals surface area (Å²) in [5, 5.41) is 4.52. The lowest BCUT2D eigenvalue weighted by Gasteiger charge is -2.27. The van der Waals surface area contributed by atoms with Gasteiger partial charge in [0, 0.05) is 18.7 Å². The van der Waals surface area contributed by atoms with Crippen molar-refractivity contribution in [3.8, 4) is 11.5 Å². The fourth-order valence-corrected chi connectivity index (χ4v) is 3.62. The lowest BCUT2D eigenvalue weighted by Crippen LogP contribution is -2.34. The normalized spacial score (nSPS) is 10.4. The van der Waals surface area contributed by atoms with Gasteiger partial charge in [0.1, 0.15) is 0 Å². The van der Waals surface area contributed by atoms with Crippen molar-refractivity contribution in [1.29, 1.82) is 0 Å². The molecule has 30 heavy (non-hydrogen) atoms. The Morgan fingerprint density at radius 3 is 2.43 bits per heavy atom. The molecule has 0 atom stereocenters. The van der Waals surface area contributed by atoms with E-state index in [4.69, 9.17) is 33.3 Å². The number of rotatable bonds is 7. The average molecular weight is 441 g/mol. The summed E-state index contributed by atoms with van der Waals surface area (Å²) in [6.45, 7) is 3.20. The molecule has 4 nitrogen and oxygen atoms in total. The molecular weight excluding hydrogens is 416 g/mol. The summed E-state index contributed by atoms with van der Waals surface area (Å²) in [6, 6.07) is 21.9. The molecule has 156 valence electrons. The molecule has 0 amide bonds. The van der Waals surface area contributed by atoms with E-state index in [1.807, 2.05) is 61.5 Å². The van der Waals surface area contributed by atoms with E-state index in [9.17, 15) is 0 Å². The van der Waals surface area contributed by atoms with Crippen LogP contribution in [-0.2, 0) is 13.1 Å². The second-order valence-electron chi connectivity index (χ2n) is 6.91. The molecule has 3 rings (SSSR count). The Bertz CT molecular complexity index is 1010. The van der Waals surface area contributed by atoms with Crippen LogP contribution in [0.3, 0.4) is 0 Å². The van der Waals surface area contributed by atoms with E-state index in [1.54, 1.807) is 14.2 Å². The molecule has 0 heterocycles. The third-order valence-electron chi connectivity index (χ3n) is 4.71. The van der Waals surface area contributed by atoms with E-state index in [1.165, 1.54) is 0 Å². The third-order valence-corrected chi connectivity index (χ3v) is 5.40. The largest absolute Gasteiger partial charge is 0.493 e. The fourth-order valence-electron chi connectivity index (χ4n) is 3.22. The number of methoxy groups -OCH3 is 2. The number of aryl methyl sites for hydroxylation is 1. The van der Waals surface area contributed by atoms with E-state index >= 15 is 0 Å². The molecule has 0 aliphatic heterocycles. The van der Waals surface area contributed by atoms with Gasteiger partial charge in [0.25, 0.3) is 0 Å². The molecule has 0 saturated carbocycles. The van der Waals surface area contributed by atoms with E-state index in [-0.39, 0.29) is 0 Å². The first-order chi connectivity index (χ1) is 14.5. The second kappa shape index (κ2) is 10.3. The predicted octanol–water partition coefficient (Wildman–Crippen LogP) is 6.06. The summed E-state index contributed by atoms with van der Waals surface area (Å²) in [5.74, 6) is 1.39. The van der Waals surface area contributed by atoms with Crippen LogP contribution < -0.4 is 14.8 Å². The molecule has 1 N–H and O–H groups in total. The number of ether oxygens (including phenoxy) is 2. The molecule has 0 aliphatic rings. The summed E-state index contributed by atoms with van der Waals surface area (Å²) < 4.78 is 11.1. The summed E-state index contributed by atoms with van der Waals surface area (Å²) >= 11 is 12.2. The van der Waals surface area contributed by atoms with Crippen molar-refractivity contribution < 1.29 is 9.47 Å². The molecule has 0 spiro atoms. The zero-order valence-electron chi connectivity index (χ0n) is 17.3. The van der Waals surface area contributed by atoms with Crippen LogP contribution >= 0.6 is 23.8 Å². The first kappa shape index (κ1) is 21.9. The van der Waals surface area contributed by atoms with Gasteiger partial charge in [-0.05, 0) is 48.5 Å². The Kier molecular flexibility index (Phi) is 7.55. The predicted molar refractivity (Wildman–Crippen MR) is 128 cm³/mol. The number of hydrogen-bond acceptors (Lipinski definition) is 3. The number of anilines is 1. The Labute approximate surface area is 188 Å². The van der Waals surface area contributed by atoms with Gasteiger partial charge in [0.05, 0.1) is 24.9 Å². The standard InChI is InChI=1S/C24H25ClN2O2S/c1-17-12-13-20(25)21(14-17)26-24(30)27(15-18-8-5-4-6-9-18)16-19-10-7-11-22(28-2)23(19)29-3/h4-14H,15-16H2,1-3H3,(H,26,30). The van der Waals surface area contributed by atoms with Crippen molar-refractivity contribution in [2.45, 2.75) is 20.0 Å². The molecule has 0 fully saturated rings. The Morgan fingerprint density at radius 2 is 1.73 bits per heavy atom. The summed E-state index contributed by atoms with van der Waals surface area (Å²) in [6.07, 6.45) is 0. The minimum Gasteiger partial charge on any atom is -0.493 e. The van der Waals surface area contributed by atoms with E-state index in [2.05, 4.69) is 22.3 Å². The molecule has 6 heteroatoms. The molecule has 0 aromatic heterocycles. The smallest absolute Gasteiger partial charge is 0.174 e. The zero-order valence-corrected chi connectivity index (χ0v) is 18.9. The molecular formula is C24H25ClN2O2S. The highest BCUT2D eigenvalue weighted by Crippen LogP contribution is 2.32. The molecule has 0 radical (unpaired) electrons. The van der Waals surface area contributed by atoms with Gasteiger partial charge in [-0.3, -0.25) is 0 Å². The zero-order chi connectivity index (χ0) is 21.5. The molecule has 0 aliphatic carbocycles. The molecule has 0 unspecified atom stereocenters. The van der Waals surface area contributed by atoms with E-state index in [0.717, 1.165) is 22.4 Å². The van der Waals surface area contributed by atoms with Gasteiger partial charge < -0.3 is 19.7 Å². The fraction of sp³-hybridized carbons (Fsp3) is 0.208. The van der Waals surface area contributed by atoms with E-state index < -0.39 is 0 Å². The molecule has 0 bridgehead atoms. The maximum atomic E-state index is 6.38. The topological polar surface area (TPSA) is 33.7 Å². The maximum Gasteiger partial charge on any atom is 0.174 e. The third kappa shape index (κ3) is 5.43. The number of halogens is 1. The maximum absolute atomic E-state index is 6.38. The van der Waals surface area contributed by atoms with Crippen LogP contribution in [0.25, 0.3) is 0 Å². The van der Waals surface area contributed by atoms with Gasteiger partial charge in [-0.15, -0.1) is 0 Å². The van der Waals surface area contributed by atoms with Crippen LogP contribution in [0.1, 0.15) is 16.7 Å². The van der Waals surface area contributed by atoms with Gasteiger partial charge in [0.2, 0.25) is 0 Å². The lowest BCUT2D eigenvalue weighted by atomic mass is 10.1. The minimum atomic E-state index is 0.546. The second-order valence-corrected chi connectivity index (χ2v) is 7.70. The van der Waals surface area contributed by atoms with Gasteiger partial charge in [-0.25, -0.2) is 0 Å². The highest BCUT2D eigenvalue weighted by atomic mass is 35.5. The van der Waals surface area contributed by atoms with Gasteiger partial charge in [0.15, 0.2) is 16.6 Å². The Morgan fingerprint density at radius 1 is 0.967 bits per heavy atom. The van der Waals surface area contributed by atoms with E-state index in [0.29, 0.717) is 34.7 Å². The molecule has 3 aromatic rings. The minimum absolute atomic E-state index is 0.546. The van der Waals surface area contributed by atoms with Crippen molar-refractivity contribution >= 4 is 34.6 Å². The van der Waals surface area contributed by atoms with Crippen LogP contribution in [0.4, 0.5) is 5.69 Å². The monoisotopic (exact) mass is 440 g/mol. The number of benzene rings is 3. The van der Waals surface area contributed by atoms with Crippen molar-refractivity contribution in [2.24, 2.45) is 0 Å². The SMILES string of the molecule is COc1cccc(CN(Cc2ccccc2)C(=S)Nc2cc(C)ccc2Cl)c1OC. The highest BCUT2D eigenvalue weighted by Gasteiger charge is 2.17. The molecule has 3 aromatic carbocycles. The molecule has 0 saturated heterocycles. The first-order valence-electron chi connectivity index (χ1n) is 9.57. The van der Waals surface area contributed by atoms with Crippen LogP contribution in [-0.4, -0.2) is 24.2 Å². The Hall–Kier alpha value is -2.76. The highest BCUT2D eigenvalue weighted by molar-refractivity contribution is 7.80. The van der Waals surface area contributed by atoms with Crippen molar-refractivity contribution in [3.05, 3.63) is 88.4 Å². The van der Waals surface area contributed by atoms with Gasteiger partial charge in [-0.2, -0.15) is 0 Å². The quantitative estimate of drug-likeness (QED) is 0.451. The van der Waals surface area contributed by atoms with Gasteiger partial charge in [-0.1, -0.05) is 60.1 Å². The van der Waals surface area contributed by atoms with Crippen LogP contribution in [0.2, 0.25) is 5.02 Å². The number of nitrogens with zero attached hydrogens (tertiary/aromatic N) is 1. The number of para-hydroxylation sites is 1. The average Bonchev–Trinajstić information content (AvgIpc) is 2.76. The summed E-state index contributed by atoms with van der Waals surface area (Å²) in [4.78, 5) is 2.08. The van der Waals surface area contributed by atoms with Gasteiger partial charge >= 0.3 is 0 Å². The van der Waals surface area contributed by atoms with Crippen molar-refractivity contribution in [1.82, 2.24) is 4.90 Å². The van der Waals surface area contributed by atoms with Crippen molar-refractivity contribution in [3.63, 3.8) is 0 Å². The lowest BCUT2D eigenvalue weighted by molar-refractivity contribution is 0.341. The van der Waals surface area contributed by atoms with Crippen LogP contribution in [0, 0.1) is 6.92 Å². The summed E-state index contributed by atoms with van der Waals surface area (Å²) in [7, 11) is 3.28. The van der Waals surface area contributed by atoms with Crippen molar-refractivity contribution in [2.75, 3.05) is 19.5 Å². The van der Waals surface area contributed by atoms with Crippen LogP contribution in [0.5, 0.6) is 11.5 Å². The summed E-state index contributed by atoms with van der Waals surface area (Å²) in [5.41, 5.74) is 4.03. The number of nitrogens with one attached hydrogen (secondary N) is 1. The number of thiocarbonyl (C=S) groups is 1. The number of hydrogen-bond donors (Lipinski definition) is 1. The Balaban J connectivity index is 1.90. The first-order valence-corrected chi connectivity index (χ1v) is 10.4. The van der Waals surface area contributed by atoms with Crippen LogP contribution in [0.15, 0.2) is 66.7 Å².